The molecule has 7 heterocycles. The molecule has 0 aliphatic carbocycles. The molecule has 11 heteroatoms. The summed E-state index contributed by atoms with van der Waals surface area (Å²) in [7, 11) is 4.24. The Morgan fingerprint density at radius 1 is 1.06 bits per heavy atom. The van der Waals surface area contributed by atoms with Crippen LogP contribution in [0.1, 0.15) is 36.2 Å². The third-order valence-electron chi connectivity index (χ3n) is 8.23. The summed E-state index contributed by atoms with van der Waals surface area (Å²) in [6.45, 7) is 5.17. The summed E-state index contributed by atoms with van der Waals surface area (Å²) in [6, 6.07) is 8.21. The van der Waals surface area contributed by atoms with Crippen LogP contribution in [0.25, 0.3) is 10.1 Å². The van der Waals surface area contributed by atoms with Gasteiger partial charge in [0.25, 0.3) is 18.9 Å². The molecule has 6 aliphatic heterocycles. The molecule has 1 aromatic heterocycles. The summed E-state index contributed by atoms with van der Waals surface area (Å²) < 4.78 is 5.76. The highest BCUT2D eigenvalue weighted by molar-refractivity contribution is 7.13. The van der Waals surface area contributed by atoms with Gasteiger partial charge in [-0.2, -0.15) is 4.37 Å². The molecule has 0 saturated carbocycles. The lowest BCUT2D eigenvalue weighted by Crippen LogP contribution is -2.61. The van der Waals surface area contributed by atoms with Gasteiger partial charge in [-0.05, 0) is 81.5 Å². The number of amides is 1. The van der Waals surface area contributed by atoms with E-state index in [1.807, 2.05) is 11.9 Å². The number of rotatable bonds is 3. The summed E-state index contributed by atoms with van der Waals surface area (Å²) in [4.78, 5) is 39.7. The zero-order valence-corrected chi connectivity index (χ0v) is 21.6. The lowest BCUT2D eigenvalue weighted by Gasteiger charge is -2.51. The van der Waals surface area contributed by atoms with Crippen LogP contribution < -0.4 is 4.90 Å². The fourth-order valence-electron chi connectivity index (χ4n) is 6.30. The molecule has 6 saturated heterocycles. The fraction of sp³-hybridized carbons (Fsp3) is 0.600. The quantitative estimate of drug-likeness (QED) is 0.591. The Morgan fingerprint density at radius 2 is 1.72 bits per heavy atom. The molecule has 0 unspecified atom stereocenters. The second-order valence-corrected chi connectivity index (χ2v) is 10.8. The minimum atomic E-state index is -0.250. The van der Waals surface area contributed by atoms with Gasteiger partial charge in [0.15, 0.2) is 0 Å². The van der Waals surface area contributed by atoms with Gasteiger partial charge >= 0.3 is 0 Å². The summed E-state index contributed by atoms with van der Waals surface area (Å²) >= 11 is 1.48. The van der Waals surface area contributed by atoms with Gasteiger partial charge in [-0.3, -0.25) is 19.3 Å². The van der Waals surface area contributed by atoms with Crippen molar-refractivity contribution in [1.82, 2.24) is 19.1 Å². The minimum Gasteiger partial charge on any atom is -0.483 e. The highest BCUT2D eigenvalue weighted by Gasteiger charge is 2.39. The summed E-state index contributed by atoms with van der Waals surface area (Å²) in [5.41, 5.74) is 1.93. The van der Waals surface area contributed by atoms with Gasteiger partial charge in [-0.1, -0.05) is 0 Å². The van der Waals surface area contributed by atoms with Crippen molar-refractivity contribution >= 4 is 46.2 Å². The first-order valence-corrected chi connectivity index (χ1v) is 13.2. The Morgan fingerprint density at radius 3 is 2.28 bits per heavy atom. The number of benzene rings is 1. The Labute approximate surface area is 215 Å². The Hall–Kier alpha value is -2.76. The summed E-state index contributed by atoms with van der Waals surface area (Å²) in [5, 5.41) is 14.8. The lowest BCUT2D eigenvalue weighted by atomic mass is 9.83. The second-order valence-electron chi connectivity index (χ2n) is 10.0. The predicted octanol–water partition coefficient (Wildman–Crippen LogP) is 2.15. The molecule has 1 amide bonds. The molecule has 2 aromatic rings. The number of piperazine rings is 1. The SMILES string of the molecule is CN1C[C@@H]2CC[C@H]1CN2c1ccc2c(C(=O)N(C)[C@H]3CN4CCC3CC4)nsc2c1.O=CO.O=CO. The Balaban J connectivity index is 0.000000464. The van der Waals surface area contributed by atoms with E-state index in [0.717, 1.165) is 29.7 Å². The van der Waals surface area contributed by atoms with Crippen LogP contribution in [0.3, 0.4) is 0 Å². The van der Waals surface area contributed by atoms with Crippen LogP contribution in [0, 0.1) is 5.92 Å². The van der Waals surface area contributed by atoms with Gasteiger partial charge in [0, 0.05) is 55.9 Å². The number of carbonyl (C=O) groups is 3. The maximum atomic E-state index is 13.4. The summed E-state index contributed by atoms with van der Waals surface area (Å²) in [6.07, 6.45) is 5.03. The van der Waals surface area contributed by atoms with Crippen LogP contribution >= 0.6 is 11.5 Å². The van der Waals surface area contributed by atoms with Crippen molar-refractivity contribution in [2.45, 2.75) is 43.8 Å². The van der Waals surface area contributed by atoms with E-state index in [4.69, 9.17) is 19.8 Å². The molecule has 10 nitrogen and oxygen atoms in total. The highest BCUT2D eigenvalue weighted by Crippen LogP contribution is 2.36. The minimum absolute atomic E-state index is 0.0893. The van der Waals surface area contributed by atoms with Crippen LogP contribution in [0.2, 0.25) is 0 Å². The van der Waals surface area contributed by atoms with Gasteiger partial charge < -0.3 is 24.9 Å². The highest BCUT2D eigenvalue weighted by atomic mass is 32.1. The first kappa shape index (κ1) is 26.3. The van der Waals surface area contributed by atoms with Crippen molar-refractivity contribution in [2.75, 3.05) is 51.7 Å². The Bertz CT molecular complexity index is 1070. The maximum Gasteiger partial charge on any atom is 0.290 e. The number of carboxylic acid groups (broad SMARTS) is 2. The molecule has 0 spiro atoms. The standard InChI is InChI=1S/C23H31N5OS.2CH2O2/c1-25-12-18-4-3-17(25)13-28(18)16-5-6-19-21(11-16)30-24-22(19)23(29)26(2)20-14-27-9-7-15(20)8-10-27;2*2-1-3/h5-6,11,15,17-18,20H,3-4,7-10,12-14H2,1-2H3;2*1H,(H,2,3)/t17-,18-,20-;;/m0../s1. The van der Waals surface area contributed by atoms with E-state index in [1.165, 1.54) is 56.0 Å². The average molecular weight is 518 g/mol. The molecule has 196 valence electrons. The van der Waals surface area contributed by atoms with E-state index < -0.39 is 0 Å². The van der Waals surface area contributed by atoms with Crippen molar-refractivity contribution in [3.05, 3.63) is 23.9 Å². The average Bonchev–Trinajstić information content (AvgIpc) is 3.33. The topological polar surface area (TPSA) is 118 Å². The van der Waals surface area contributed by atoms with Crippen LogP contribution in [-0.4, -0.2) is 113 Å². The molecule has 1 aromatic carbocycles. The summed E-state index contributed by atoms with van der Waals surface area (Å²) in [5.74, 6) is 0.736. The van der Waals surface area contributed by atoms with E-state index in [2.05, 4.69) is 44.3 Å². The number of hydrogen-bond donors (Lipinski definition) is 2. The van der Waals surface area contributed by atoms with Crippen molar-refractivity contribution in [2.24, 2.45) is 5.92 Å². The molecule has 4 bridgehead atoms. The molecular weight excluding hydrogens is 482 g/mol. The largest absolute Gasteiger partial charge is 0.483 e. The normalized spacial score (nSPS) is 28.5. The van der Waals surface area contributed by atoms with Gasteiger partial charge in [0.05, 0.1) is 4.70 Å². The van der Waals surface area contributed by atoms with Gasteiger partial charge in [0.2, 0.25) is 0 Å². The third-order valence-corrected chi connectivity index (χ3v) is 9.04. The van der Waals surface area contributed by atoms with Crippen molar-refractivity contribution in [3.8, 4) is 0 Å². The van der Waals surface area contributed by atoms with Gasteiger partial charge in [-0.25, -0.2) is 0 Å². The van der Waals surface area contributed by atoms with Crippen LogP contribution in [0.5, 0.6) is 0 Å². The van der Waals surface area contributed by atoms with Crippen molar-refractivity contribution < 1.29 is 24.6 Å². The fourth-order valence-corrected chi connectivity index (χ4v) is 7.11. The second kappa shape index (κ2) is 11.5. The molecule has 36 heavy (non-hydrogen) atoms. The van der Waals surface area contributed by atoms with E-state index in [1.54, 1.807) is 0 Å². The molecule has 2 N–H and O–H groups in total. The molecule has 6 fully saturated rings. The first-order chi connectivity index (χ1) is 17.4. The number of piperidine rings is 5. The van der Waals surface area contributed by atoms with E-state index in [-0.39, 0.29) is 18.9 Å². The van der Waals surface area contributed by atoms with Gasteiger partial charge in [0.1, 0.15) is 5.69 Å². The van der Waals surface area contributed by atoms with E-state index >= 15 is 0 Å². The maximum absolute atomic E-state index is 13.4. The van der Waals surface area contributed by atoms with Gasteiger partial charge in [-0.15, -0.1) is 0 Å². The zero-order valence-electron chi connectivity index (χ0n) is 20.8. The van der Waals surface area contributed by atoms with Crippen LogP contribution in [0.15, 0.2) is 18.2 Å². The molecular formula is C25H35N5O5S. The zero-order chi connectivity index (χ0) is 25.8. The van der Waals surface area contributed by atoms with E-state index in [9.17, 15) is 4.79 Å². The molecule has 8 rings (SSSR count). The van der Waals surface area contributed by atoms with Crippen molar-refractivity contribution in [1.29, 1.82) is 0 Å². The third kappa shape index (κ3) is 5.18. The van der Waals surface area contributed by atoms with E-state index in [0.29, 0.717) is 29.7 Å². The molecule has 6 aliphatic rings. The van der Waals surface area contributed by atoms with Crippen LogP contribution in [0.4, 0.5) is 5.69 Å². The molecule has 0 radical (unpaired) electrons. The number of carbonyl (C=O) groups excluding carboxylic acids is 1. The molecule has 3 atom stereocenters. The number of hydrogen-bond acceptors (Lipinski definition) is 8. The number of fused-ring (bicyclic) bond motifs is 7. The number of aromatic nitrogens is 1. The number of anilines is 1. The first-order valence-electron chi connectivity index (χ1n) is 12.4. The monoisotopic (exact) mass is 517 g/mol. The Kier molecular flexibility index (Phi) is 8.43. The van der Waals surface area contributed by atoms with Crippen LogP contribution in [-0.2, 0) is 9.59 Å². The number of nitrogens with zero attached hydrogens (tertiary/aromatic N) is 5. The lowest BCUT2D eigenvalue weighted by molar-refractivity contribution is -0.123. The van der Waals surface area contributed by atoms with Crippen molar-refractivity contribution in [3.63, 3.8) is 0 Å². The predicted molar refractivity (Wildman–Crippen MR) is 139 cm³/mol. The smallest absolute Gasteiger partial charge is 0.290 e. The number of likely N-dealkylation sites (N-methyl/N-ethyl adjacent to an activating group) is 2.